The molecule has 0 bridgehead atoms. The third-order valence-electron chi connectivity index (χ3n) is 4.51. The van der Waals surface area contributed by atoms with Crippen molar-refractivity contribution in [2.75, 3.05) is 6.54 Å². The van der Waals surface area contributed by atoms with Gasteiger partial charge >= 0.3 is 0 Å². The number of benzene rings is 1. The van der Waals surface area contributed by atoms with E-state index < -0.39 is 0 Å². The number of nitrogens with zero attached hydrogens (tertiary/aromatic N) is 4. The van der Waals surface area contributed by atoms with Crippen molar-refractivity contribution in [1.82, 2.24) is 25.4 Å². The molecule has 2 unspecified atom stereocenters. The number of hydrogen-bond donors (Lipinski definition) is 1. The molecule has 2 atom stereocenters. The second kappa shape index (κ2) is 7.43. The quantitative estimate of drug-likeness (QED) is 0.704. The first-order valence-corrected chi connectivity index (χ1v) is 8.71. The minimum atomic E-state index is -0.000534. The van der Waals surface area contributed by atoms with E-state index in [1.165, 1.54) is 5.56 Å². The smallest absolute Gasteiger partial charge is 0.240 e. The number of amides is 1. The number of aromatic nitrogens is 4. The summed E-state index contributed by atoms with van der Waals surface area (Å²) in [4.78, 5) is 24.4. The molecule has 1 fully saturated rings. The Bertz CT molecular complexity index is 866. The highest BCUT2D eigenvalue weighted by Gasteiger charge is 2.37. The number of nitrogens with one attached hydrogen (secondary N) is 1. The van der Waals surface area contributed by atoms with Crippen LogP contribution in [0.1, 0.15) is 30.2 Å². The van der Waals surface area contributed by atoms with Crippen LogP contribution in [-0.4, -0.2) is 32.6 Å². The van der Waals surface area contributed by atoms with Gasteiger partial charge in [-0.2, -0.15) is 4.98 Å². The van der Waals surface area contributed by atoms with Crippen LogP contribution < -0.4 is 5.32 Å². The molecule has 26 heavy (non-hydrogen) atoms. The maximum absolute atomic E-state index is 12.0. The summed E-state index contributed by atoms with van der Waals surface area (Å²) in [6.07, 6.45) is 5.09. The topological polar surface area (TPSA) is 93.8 Å². The lowest BCUT2D eigenvalue weighted by Gasteiger charge is -2.04. The average Bonchev–Trinajstić information content (AvgIpc) is 3.33. The highest BCUT2D eigenvalue weighted by atomic mass is 16.5. The summed E-state index contributed by atoms with van der Waals surface area (Å²) < 4.78 is 5.16. The molecule has 7 nitrogen and oxygen atoms in total. The van der Waals surface area contributed by atoms with Gasteiger partial charge in [-0.05, 0) is 29.9 Å². The summed E-state index contributed by atoms with van der Waals surface area (Å²) in [6, 6.07) is 12.2. The van der Waals surface area contributed by atoms with E-state index >= 15 is 0 Å². The van der Waals surface area contributed by atoms with E-state index in [9.17, 15) is 4.79 Å². The SMILES string of the molecule is O=C(CCc1nc(-c2ncccn2)no1)NCC1CC1c1ccccc1. The van der Waals surface area contributed by atoms with E-state index in [1.54, 1.807) is 18.5 Å². The Hall–Kier alpha value is -3.09. The number of carbonyl (C=O) groups excluding carboxylic acids is 1. The zero-order chi connectivity index (χ0) is 17.8. The molecule has 1 aromatic carbocycles. The van der Waals surface area contributed by atoms with E-state index in [4.69, 9.17) is 4.52 Å². The van der Waals surface area contributed by atoms with Gasteiger partial charge in [0.15, 0.2) is 0 Å². The second-order valence-corrected chi connectivity index (χ2v) is 6.40. The van der Waals surface area contributed by atoms with Crippen molar-refractivity contribution < 1.29 is 9.32 Å². The molecule has 2 heterocycles. The first-order valence-electron chi connectivity index (χ1n) is 8.71. The third kappa shape index (κ3) is 3.93. The molecule has 1 aliphatic carbocycles. The van der Waals surface area contributed by atoms with E-state index in [0.717, 1.165) is 6.42 Å². The molecule has 7 heteroatoms. The fraction of sp³-hybridized carbons (Fsp3) is 0.316. The van der Waals surface area contributed by atoms with Gasteiger partial charge < -0.3 is 9.84 Å². The number of carbonyl (C=O) groups is 1. The van der Waals surface area contributed by atoms with Crippen LogP contribution in [0.5, 0.6) is 0 Å². The summed E-state index contributed by atoms with van der Waals surface area (Å²) in [5.41, 5.74) is 1.35. The third-order valence-corrected chi connectivity index (χ3v) is 4.51. The van der Waals surface area contributed by atoms with Crippen molar-refractivity contribution in [3.63, 3.8) is 0 Å². The lowest BCUT2D eigenvalue weighted by Crippen LogP contribution is -2.26. The first kappa shape index (κ1) is 16.4. The molecule has 2 aromatic heterocycles. The molecule has 1 amide bonds. The zero-order valence-electron chi connectivity index (χ0n) is 14.2. The highest BCUT2D eigenvalue weighted by Crippen LogP contribution is 2.46. The highest BCUT2D eigenvalue weighted by molar-refractivity contribution is 5.76. The Morgan fingerprint density at radius 2 is 1.92 bits per heavy atom. The average molecular weight is 349 g/mol. The van der Waals surface area contributed by atoms with Crippen LogP contribution in [0.15, 0.2) is 53.3 Å². The molecule has 1 N–H and O–H groups in total. The lowest BCUT2D eigenvalue weighted by molar-refractivity contribution is -0.121. The van der Waals surface area contributed by atoms with E-state index in [1.807, 2.05) is 6.07 Å². The molecule has 0 spiro atoms. The van der Waals surface area contributed by atoms with Gasteiger partial charge in [-0.3, -0.25) is 4.79 Å². The second-order valence-electron chi connectivity index (χ2n) is 6.40. The fourth-order valence-corrected chi connectivity index (χ4v) is 3.00. The van der Waals surface area contributed by atoms with Gasteiger partial charge in [0.25, 0.3) is 0 Å². The van der Waals surface area contributed by atoms with Gasteiger partial charge in [0.05, 0.1) is 0 Å². The van der Waals surface area contributed by atoms with Crippen LogP contribution in [-0.2, 0) is 11.2 Å². The van der Waals surface area contributed by atoms with Crippen molar-refractivity contribution in [3.8, 4) is 11.6 Å². The number of aryl methyl sites for hydroxylation is 1. The summed E-state index contributed by atoms with van der Waals surface area (Å²) in [5.74, 6) is 2.26. The van der Waals surface area contributed by atoms with E-state index in [2.05, 4.69) is 49.7 Å². The monoisotopic (exact) mass is 349 g/mol. The van der Waals surface area contributed by atoms with Gasteiger partial charge in [-0.1, -0.05) is 35.5 Å². The largest absolute Gasteiger partial charge is 0.356 e. The van der Waals surface area contributed by atoms with Gasteiger partial charge in [-0.25, -0.2) is 9.97 Å². The van der Waals surface area contributed by atoms with Gasteiger partial charge in [0.2, 0.25) is 23.4 Å². The van der Waals surface area contributed by atoms with Gasteiger partial charge in [0.1, 0.15) is 0 Å². The Balaban J connectivity index is 1.21. The van der Waals surface area contributed by atoms with Crippen LogP contribution in [0.25, 0.3) is 11.6 Å². The van der Waals surface area contributed by atoms with Gasteiger partial charge in [-0.15, -0.1) is 0 Å². The zero-order valence-corrected chi connectivity index (χ0v) is 14.2. The van der Waals surface area contributed by atoms with Crippen molar-refractivity contribution in [3.05, 3.63) is 60.2 Å². The Morgan fingerprint density at radius 1 is 1.12 bits per heavy atom. The van der Waals surface area contributed by atoms with Crippen LogP contribution in [0.2, 0.25) is 0 Å². The van der Waals surface area contributed by atoms with Crippen LogP contribution in [0, 0.1) is 5.92 Å². The molecule has 0 radical (unpaired) electrons. The van der Waals surface area contributed by atoms with E-state index in [-0.39, 0.29) is 5.91 Å². The fourth-order valence-electron chi connectivity index (χ4n) is 3.00. The molecule has 3 aromatic rings. The summed E-state index contributed by atoms with van der Waals surface area (Å²) >= 11 is 0. The molecule has 4 rings (SSSR count). The predicted molar refractivity (Wildman–Crippen MR) is 93.9 cm³/mol. The van der Waals surface area contributed by atoms with Crippen LogP contribution in [0.4, 0.5) is 0 Å². The molecule has 0 saturated heterocycles. The molecular weight excluding hydrogens is 330 g/mol. The molecular formula is C19H19N5O2. The van der Waals surface area contributed by atoms with Crippen LogP contribution in [0.3, 0.4) is 0 Å². The molecule has 1 saturated carbocycles. The van der Waals surface area contributed by atoms with Crippen molar-refractivity contribution in [2.24, 2.45) is 5.92 Å². The van der Waals surface area contributed by atoms with Gasteiger partial charge in [0, 0.05) is 31.8 Å². The lowest BCUT2D eigenvalue weighted by atomic mass is 10.1. The van der Waals surface area contributed by atoms with Crippen molar-refractivity contribution in [2.45, 2.75) is 25.2 Å². The summed E-state index contributed by atoms with van der Waals surface area (Å²) in [7, 11) is 0. The summed E-state index contributed by atoms with van der Waals surface area (Å²) in [6.45, 7) is 0.714. The molecule has 1 aliphatic rings. The minimum absolute atomic E-state index is 0.000534. The standard InChI is InChI=1S/C19H19N5O2/c25-16(22-12-14-11-15(14)13-5-2-1-3-6-13)7-8-17-23-19(24-26-17)18-20-9-4-10-21-18/h1-6,9-10,14-15H,7-8,11-12H2,(H,22,25). The number of rotatable bonds is 7. The minimum Gasteiger partial charge on any atom is -0.356 e. The van der Waals surface area contributed by atoms with Crippen molar-refractivity contribution >= 4 is 5.91 Å². The number of hydrogen-bond acceptors (Lipinski definition) is 6. The summed E-state index contributed by atoms with van der Waals surface area (Å²) in [5, 5.41) is 6.85. The molecule has 0 aliphatic heterocycles. The molecule has 132 valence electrons. The maximum atomic E-state index is 12.0. The normalized spacial score (nSPS) is 18.5. The van der Waals surface area contributed by atoms with E-state index in [0.29, 0.717) is 48.8 Å². The Labute approximate surface area is 150 Å². The predicted octanol–water partition coefficient (Wildman–Crippen LogP) is 2.38. The van der Waals surface area contributed by atoms with Crippen molar-refractivity contribution in [1.29, 1.82) is 0 Å². The Kier molecular flexibility index (Phi) is 4.68. The van der Waals surface area contributed by atoms with Crippen LogP contribution >= 0.6 is 0 Å². The first-order chi connectivity index (χ1) is 12.8. The Morgan fingerprint density at radius 3 is 2.73 bits per heavy atom. The maximum Gasteiger partial charge on any atom is 0.240 e.